The number of rotatable bonds is 3. The molecule has 0 unspecified atom stereocenters. The Morgan fingerprint density at radius 2 is 1.62 bits per heavy atom. The van der Waals surface area contributed by atoms with Gasteiger partial charge in [-0.05, 0) is 36.8 Å². The van der Waals surface area contributed by atoms with Crippen LogP contribution in [0.4, 0.5) is 0 Å². The second-order valence-corrected chi connectivity index (χ2v) is 7.97. The van der Waals surface area contributed by atoms with Gasteiger partial charge in [0.15, 0.2) is 0 Å². The molecule has 1 heterocycles. The first-order valence-electron chi connectivity index (χ1n) is 9.86. The minimum Gasteiger partial charge on any atom is -0.393 e. The summed E-state index contributed by atoms with van der Waals surface area (Å²) in [6, 6.07) is 21.0. The molecule has 2 fully saturated rings. The Labute approximate surface area is 156 Å². The Morgan fingerprint density at radius 1 is 0.962 bits per heavy atom. The van der Waals surface area contributed by atoms with E-state index in [9.17, 15) is 5.11 Å². The van der Waals surface area contributed by atoms with E-state index in [0.717, 1.165) is 25.7 Å². The van der Waals surface area contributed by atoms with E-state index in [4.69, 9.17) is 10.5 Å². The molecular formula is C23H29NO2. The van der Waals surface area contributed by atoms with Crippen LogP contribution >= 0.6 is 0 Å². The maximum atomic E-state index is 10.9. The summed E-state index contributed by atoms with van der Waals surface area (Å²) in [6.45, 7) is 0.647. The fourth-order valence-electron chi connectivity index (χ4n) is 4.94. The highest BCUT2D eigenvalue weighted by Crippen LogP contribution is 2.46. The second kappa shape index (κ2) is 7.51. The lowest BCUT2D eigenvalue weighted by atomic mass is 9.74. The lowest BCUT2D eigenvalue weighted by molar-refractivity contribution is -0.139. The highest BCUT2D eigenvalue weighted by Gasteiger charge is 2.44. The molecule has 0 amide bonds. The SMILES string of the molecule is NC[C@]1(c2ccccc2)CC[C@H]2[C@H](CC1)O[C@H](c1ccccc1)C[C@@H]2O. The second-order valence-electron chi connectivity index (χ2n) is 7.97. The van der Waals surface area contributed by atoms with Crippen LogP contribution < -0.4 is 5.73 Å². The molecule has 4 rings (SSSR count). The molecule has 3 N–H and O–H groups in total. The maximum absolute atomic E-state index is 10.9. The molecule has 1 saturated heterocycles. The first-order valence-corrected chi connectivity index (χ1v) is 9.86. The van der Waals surface area contributed by atoms with E-state index in [-0.39, 0.29) is 29.6 Å². The molecule has 1 aliphatic heterocycles. The van der Waals surface area contributed by atoms with E-state index in [0.29, 0.717) is 13.0 Å². The Kier molecular flexibility index (Phi) is 5.12. The van der Waals surface area contributed by atoms with E-state index in [2.05, 4.69) is 42.5 Å². The van der Waals surface area contributed by atoms with Crippen LogP contribution in [0.15, 0.2) is 60.7 Å². The zero-order chi connectivity index (χ0) is 18.0. The molecule has 1 saturated carbocycles. The summed E-state index contributed by atoms with van der Waals surface area (Å²) in [5, 5.41) is 10.9. The molecule has 0 spiro atoms. The fourth-order valence-corrected chi connectivity index (χ4v) is 4.94. The van der Waals surface area contributed by atoms with Gasteiger partial charge in [0.25, 0.3) is 0 Å². The van der Waals surface area contributed by atoms with Crippen molar-refractivity contribution >= 4 is 0 Å². The molecule has 138 valence electrons. The minimum atomic E-state index is -0.302. The number of aliphatic hydroxyl groups excluding tert-OH is 1. The van der Waals surface area contributed by atoms with Crippen LogP contribution in [0.25, 0.3) is 0 Å². The zero-order valence-corrected chi connectivity index (χ0v) is 15.3. The number of hydrogen-bond acceptors (Lipinski definition) is 3. The number of fused-ring (bicyclic) bond motifs is 1. The normalized spacial score (nSPS) is 34.7. The lowest BCUT2D eigenvalue weighted by Crippen LogP contribution is -2.40. The summed E-state index contributed by atoms with van der Waals surface area (Å²) in [4.78, 5) is 0. The Balaban J connectivity index is 1.55. The summed E-state index contributed by atoms with van der Waals surface area (Å²) in [7, 11) is 0. The van der Waals surface area contributed by atoms with Crippen molar-refractivity contribution in [2.45, 2.75) is 55.8 Å². The van der Waals surface area contributed by atoms with Crippen molar-refractivity contribution in [3.63, 3.8) is 0 Å². The topological polar surface area (TPSA) is 55.5 Å². The first kappa shape index (κ1) is 17.7. The Morgan fingerprint density at radius 3 is 2.31 bits per heavy atom. The smallest absolute Gasteiger partial charge is 0.0853 e. The molecule has 0 bridgehead atoms. The third-order valence-electron chi connectivity index (χ3n) is 6.58. The Hall–Kier alpha value is -1.68. The average molecular weight is 351 g/mol. The largest absolute Gasteiger partial charge is 0.393 e. The molecule has 2 aromatic carbocycles. The summed E-state index contributed by atoms with van der Waals surface area (Å²) < 4.78 is 6.50. The fraction of sp³-hybridized carbons (Fsp3) is 0.478. The van der Waals surface area contributed by atoms with Crippen molar-refractivity contribution in [3.05, 3.63) is 71.8 Å². The highest BCUT2D eigenvalue weighted by atomic mass is 16.5. The van der Waals surface area contributed by atoms with Gasteiger partial charge in [-0.3, -0.25) is 0 Å². The van der Waals surface area contributed by atoms with Gasteiger partial charge >= 0.3 is 0 Å². The third kappa shape index (κ3) is 3.32. The molecule has 5 atom stereocenters. The molecule has 0 aromatic heterocycles. The van der Waals surface area contributed by atoms with Crippen molar-refractivity contribution in [2.24, 2.45) is 11.7 Å². The molecular weight excluding hydrogens is 322 g/mol. The van der Waals surface area contributed by atoms with Crippen molar-refractivity contribution < 1.29 is 9.84 Å². The van der Waals surface area contributed by atoms with E-state index < -0.39 is 0 Å². The monoisotopic (exact) mass is 351 g/mol. The van der Waals surface area contributed by atoms with E-state index in [1.807, 2.05) is 18.2 Å². The molecule has 2 aromatic rings. The minimum absolute atomic E-state index is 0.00389. The van der Waals surface area contributed by atoms with E-state index in [1.165, 1.54) is 11.1 Å². The van der Waals surface area contributed by atoms with Crippen LogP contribution in [0, 0.1) is 5.92 Å². The van der Waals surface area contributed by atoms with Crippen LogP contribution in [0.3, 0.4) is 0 Å². The molecule has 3 heteroatoms. The van der Waals surface area contributed by atoms with Crippen LogP contribution in [0.1, 0.15) is 49.3 Å². The predicted octanol–water partition coefficient (Wildman–Crippen LogP) is 3.96. The first-order chi connectivity index (χ1) is 12.7. The van der Waals surface area contributed by atoms with Gasteiger partial charge in [-0.2, -0.15) is 0 Å². The Bertz CT molecular complexity index is 705. The van der Waals surface area contributed by atoms with Crippen LogP contribution in [0.2, 0.25) is 0 Å². The molecule has 26 heavy (non-hydrogen) atoms. The summed E-state index contributed by atoms with van der Waals surface area (Å²) in [5.41, 5.74) is 8.78. The van der Waals surface area contributed by atoms with Crippen molar-refractivity contribution in [1.82, 2.24) is 0 Å². The zero-order valence-electron chi connectivity index (χ0n) is 15.3. The van der Waals surface area contributed by atoms with Gasteiger partial charge in [0.1, 0.15) is 0 Å². The summed E-state index contributed by atoms with van der Waals surface area (Å²) in [5.74, 6) is 0.215. The van der Waals surface area contributed by atoms with E-state index in [1.54, 1.807) is 0 Å². The van der Waals surface area contributed by atoms with Gasteiger partial charge in [0.05, 0.1) is 18.3 Å². The van der Waals surface area contributed by atoms with Gasteiger partial charge in [-0.1, -0.05) is 60.7 Å². The van der Waals surface area contributed by atoms with E-state index >= 15 is 0 Å². The van der Waals surface area contributed by atoms with Crippen molar-refractivity contribution in [3.8, 4) is 0 Å². The maximum Gasteiger partial charge on any atom is 0.0853 e. The van der Waals surface area contributed by atoms with Crippen molar-refractivity contribution in [2.75, 3.05) is 6.54 Å². The number of benzene rings is 2. The standard InChI is InChI=1S/C23H29NO2/c24-16-23(18-9-5-2-6-10-18)13-11-19-20(25)15-22(26-21(19)12-14-23)17-7-3-1-4-8-17/h1-10,19-22,25H,11-16,24H2/t19-,20+,21+,22+,23+/m1/s1. The van der Waals surface area contributed by atoms with Crippen LogP contribution in [-0.4, -0.2) is 23.9 Å². The molecule has 0 radical (unpaired) electrons. The third-order valence-corrected chi connectivity index (χ3v) is 6.58. The number of nitrogens with two attached hydrogens (primary N) is 1. The van der Waals surface area contributed by atoms with Gasteiger partial charge in [0.2, 0.25) is 0 Å². The number of hydrogen-bond donors (Lipinski definition) is 2. The molecule has 3 nitrogen and oxygen atoms in total. The van der Waals surface area contributed by atoms with Crippen LogP contribution in [-0.2, 0) is 10.2 Å². The van der Waals surface area contributed by atoms with Crippen molar-refractivity contribution in [1.29, 1.82) is 0 Å². The quantitative estimate of drug-likeness (QED) is 0.880. The summed E-state index contributed by atoms with van der Waals surface area (Å²) >= 11 is 0. The lowest BCUT2D eigenvalue weighted by Gasteiger charge is -2.39. The molecule has 2 aliphatic rings. The number of ether oxygens (including phenoxy) is 1. The predicted molar refractivity (Wildman–Crippen MR) is 104 cm³/mol. The molecule has 1 aliphatic carbocycles. The average Bonchev–Trinajstić information content (AvgIpc) is 2.90. The van der Waals surface area contributed by atoms with Gasteiger partial charge in [-0.25, -0.2) is 0 Å². The number of aliphatic hydroxyl groups is 1. The summed E-state index contributed by atoms with van der Waals surface area (Å²) in [6.07, 6.45) is 4.45. The van der Waals surface area contributed by atoms with Crippen LogP contribution in [0.5, 0.6) is 0 Å². The highest BCUT2D eigenvalue weighted by molar-refractivity contribution is 5.27. The van der Waals surface area contributed by atoms with Gasteiger partial charge in [-0.15, -0.1) is 0 Å². The van der Waals surface area contributed by atoms with Gasteiger partial charge in [0, 0.05) is 24.3 Å². The van der Waals surface area contributed by atoms with Gasteiger partial charge < -0.3 is 15.6 Å².